The smallest absolute Gasteiger partial charge is 0.136 e. The van der Waals surface area contributed by atoms with Crippen LogP contribution in [0.25, 0.3) is 0 Å². The van der Waals surface area contributed by atoms with Crippen LogP contribution in [0.15, 0.2) is 18.2 Å². The van der Waals surface area contributed by atoms with Crippen LogP contribution in [-0.4, -0.2) is 29.5 Å². The van der Waals surface area contributed by atoms with Crippen LogP contribution in [0.3, 0.4) is 0 Å². The van der Waals surface area contributed by atoms with E-state index in [0.29, 0.717) is 0 Å². The van der Waals surface area contributed by atoms with E-state index in [1.807, 2.05) is 32.9 Å². The van der Waals surface area contributed by atoms with Crippen LogP contribution in [0.1, 0.15) is 50.8 Å². The number of hydrogen-bond donors (Lipinski definition) is 2. The van der Waals surface area contributed by atoms with Gasteiger partial charge in [0.15, 0.2) is 0 Å². The number of methoxy groups -OCH3 is 1. The van der Waals surface area contributed by atoms with Crippen LogP contribution in [0.2, 0.25) is 0 Å². The second-order valence-corrected chi connectivity index (χ2v) is 9.75. The summed E-state index contributed by atoms with van der Waals surface area (Å²) in [5.74, 6) is 0.964. The number of ether oxygens (including phenoxy) is 1. The molecule has 0 bridgehead atoms. The Morgan fingerprint density at radius 1 is 1.30 bits per heavy atom. The van der Waals surface area contributed by atoms with E-state index in [4.69, 9.17) is 4.74 Å². The van der Waals surface area contributed by atoms with Crippen molar-refractivity contribution in [3.05, 3.63) is 29.3 Å². The summed E-state index contributed by atoms with van der Waals surface area (Å²) in [6.45, 7) is 8.11. The highest BCUT2D eigenvalue weighted by Crippen LogP contribution is 2.53. The largest absolute Gasteiger partial charge is 0.598 e. The molecule has 0 amide bonds. The van der Waals surface area contributed by atoms with Gasteiger partial charge in [-0.1, -0.05) is 12.1 Å². The van der Waals surface area contributed by atoms with Crippen molar-refractivity contribution >= 4 is 11.4 Å². The maximum Gasteiger partial charge on any atom is 0.136 e. The highest BCUT2D eigenvalue weighted by atomic mass is 32.2. The number of benzene rings is 1. The topological polar surface area (TPSA) is 56.3 Å². The molecule has 2 atom stereocenters. The quantitative estimate of drug-likeness (QED) is 0.834. The van der Waals surface area contributed by atoms with Crippen LogP contribution in [-0.2, 0) is 17.8 Å². The summed E-state index contributed by atoms with van der Waals surface area (Å²) in [5.41, 5.74) is 2.70. The number of nitrogens with one attached hydrogen (secondary N) is 2. The van der Waals surface area contributed by atoms with Crippen molar-refractivity contribution in [2.45, 2.75) is 50.8 Å². The Hall–Kier alpha value is -0.750. The van der Waals surface area contributed by atoms with E-state index in [-0.39, 0.29) is 16.2 Å². The van der Waals surface area contributed by atoms with Crippen molar-refractivity contribution in [3.63, 3.8) is 0 Å². The van der Waals surface area contributed by atoms with Gasteiger partial charge in [-0.2, -0.15) is 0 Å². The van der Waals surface area contributed by atoms with Crippen molar-refractivity contribution in [2.75, 3.05) is 20.2 Å². The summed E-state index contributed by atoms with van der Waals surface area (Å²) in [7, 11) is 1.73. The van der Waals surface area contributed by atoms with Crippen molar-refractivity contribution in [1.82, 2.24) is 10.0 Å². The molecule has 5 heteroatoms. The van der Waals surface area contributed by atoms with E-state index in [1.54, 1.807) is 7.11 Å². The highest BCUT2D eigenvalue weighted by molar-refractivity contribution is 7.90. The Bertz CT molecular complexity index is 565. The maximum atomic E-state index is 12.8. The van der Waals surface area contributed by atoms with Gasteiger partial charge in [0.25, 0.3) is 0 Å². The molecule has 0 aromatic heterocycles. The molecule has 1 saturated heterocycles. The molecule has 1 aliphatic heterocycles. The zero-order chi connectivity index (χ0) is 16.7. The summed E-state index contributed by atoms with van der Waals surface area (Å²) in [5, 5.41) is 3.46. The molecule has 1 aromatic rings. The minimum atomic E-state index is -1.08. The average molecular weight is 337 g/mol. The lowest BCUT2D eigenvalue weighted by atomic mass is 9.73. The van der Waals surface area contributed by atoms with Gasteiger partial charge in [-0.25, -0.2) is 0 Å². The van der Waals surface area contributed by atoms with Crippen LogP contribution in [0.4, 0.5) is 0 Å². The zero-order valence-corrected chi connectivity index (χ0v) is 15.4. The van der Waals surface area contributed by atoms with Crippen molar-refractivity contribution < 1.29 is 9.29 Å². The van der Waals surface area contributed by atoms with E-state index in [2.05, 4.69) is 16.1 Å². The lowest BCUT2D eigenvalue weighted by Gasteiger charge is -2.40. The normalized spacial score (nSPS) is 24.5. The second kappa shape index (κ2) is 6.28. The fraction of sp³-hybridized carbons (Fsp3) is 0.667. The third kappa shape index (κ3) is 3.12. The Balaban J connectivity index is 1.98. The number of fused-ring (bicyclic) bond motifs is 1. The molecule has 2 aliphatic rings. The number of hydrogen-bond acceptors (Lipinski definition) is 4. The molecular formula is C18H28N2O2S. The highest BCUT2D eigenvalue weighted by Gasteiger charge is 2.50. The van der Waals surface area contributed by atoms with Crippen molar-refractivity contribution in [2.24, 2.45) is 5.41 Å². The first-order chi connectivity index (χ1) is 10.9. The first kappa shape index (κ1) is 17.1. The Morgan fingerprint density at radius 2 is 2.00 bits per heavy atom. The molecule has 1 fully saturated rings. The van der Waals surface area contributed by atoms with E-state index in [0.717, 1.165) is 38.1 Å². The molecule has 0 saturated carbocycles. The third-order valence-corrected chi connectivity index (χ3v) is 6.78. The molecule has 1 heterocycles. The van der Waals surface area contributed by atoms with Crippen LogP contribution < -0.4 is 14.8 Å². The first-order valence-corrected chi connectivity index (χ1v) is 9.57. The molecule has 23 heavy (non-hydrogen) atoms. The van der Waals surface area contributed by atoms with E-state index in [9.17, 15) is 4.55 Å². The first-order valence-electron chi connectivity index (χ1n) is 8.42. The lowest BCUT2D eigenvalue weighted by molar-refractivity contribution is 0.163. The predicted octanol–water partition coefficient (Wildman–Crippen LogP) is 2.71. The van der Waals surface area contributed by atoms with E-state index in [1.165, 1.54) is 11.1 Å². The summed E-state index contributed by atoms with van der Waals surface area (Å²) < 4.78 is 21.6. The summed E-state index contributed by atoms with van der Waals surface area (Å²) in [4.78, 5) is 0. The van der Waals surface area contributed by atoms with Crippen LogP contribution in [0.5, 0.6) is 5.75 Å². The molecular weight excluding hydrogens is 308 g/mol. The van der Waals surface area contributed by atoms with Gasteiger partial charge < -0.3 is 14.6 Å². The third-order valence-electron chi connectivity index (χ3n) is 5.22. The molecule has 3 rings (SSSR count). The Morgan fingerprint density at radius 3 is 2.61 bits per heavy atom. The van der Waals surface area contributed by atoms with Crippen molar-refractivity contribution in [3.8, 4) is 5.75 Å². The molecule has 1 aliphatic carbocycles. The van der Waals surface area contributed by atoms with Gasteiger partial charge in [0, 0.05) is 16.8 Å². The standard InChI is InChI=1S/C18H28N2O2S/c1-17(2,3)23(21)20-16-13-6-5-7-15(22-4)14(13)12-18(16)8-10-19-11-9-18/h5-7,16,19-20H,8-12H2,1-4H3/t16-,23-/m1/s1. The fourth-order valence-corrected chi connectivity index (χ4v) is 4.82. The molecule has 128 valence electrons. The van der Waals surface area contributed by atoms with E-state index < -0.39 is 11.4 Å². The van der Waals surface area contributed by atoms with Gasteiger partial charge in [-0.3, -0.25) is 0 Å². The molecule has 2 N–H and O–H groups in total. The molecule has 0 unspecified atom stereocenters. The predicted molar refractivity (Wildman–Crippen MR) is 95.0 cm³/mol. The van der Waals surface area contributed by atoms with Gasteiger partial charge in [-0.15, -0.1) is 4.72 Å². The van der Waals surface area contributed by atoms with Gasteiger partial charge in [0.1, 0.15) is 10.5 Å². The molecule has 4 nitrogen and oxygen atoms in total. The summed E-state index contributed by atoms with van der Waals surface area (Å²) >= 11 is -1.08. The lowest BCUT2D eigenvalue weighted by Crippen LogP contribution is -2.48. The van der Waals surface area contributed by atoms with Gasteiger partial charge in [-0.05, 0) is 70.3 Å². The minimum absolute atomic E-state index is 0.134. The summed E-state index contributed by atoms with van der Waals surface area (Å²) in [6, 6.07) is 6.39. The second-order valence-electron chi connectivity index (χ2n) is 7.75. The number of piperidine rings is 1. The monoisotopic (exact) mass is 336 g/mol. The molecule has 1 aromatic carbocycles. The Labute approximate surface area is 142 Å². The Kier molecular flexibility index (Phi) is 4.67. The number of rotatable bonds is 3. The maximum absolute atomic E-state index is 12.8. The van der Waals surface area contributed by atoms with Crippen molar-refractivity contribution in [1.29, 1.82) is 0 Å². The van der Waals surface area contributed by atoms with Gasteiger partial charge in [0.2, 0.25) is 0 Å². The average Bonchev–Trinajstić information content (AvgIpc) is 2.80. The fourth-order valence-electron chi connectivity index (χ4n) is 3.88. The minimum Gasteiger partial charge on any atom is -0.598 e. The molecule has 0 radical (unpaired) electrons. The SMILES string of the molecule is COc1cccc2c1CC1(CCNCC1)[C@@H]2N[S@+]([O-])C(C)(C)C. The van der Waals surface area contributed by atoms with Gasteiger partial charge >= 0.3 is 0 Å². The van der Waals surface area contributed by atoms with Gasteiger partial charge in [0.05, 0.1) is 13.2 Å². The summed E-state index contributed by atoms with van der Waals surface area (Å²) in [6.07, 6.45) is 3.21. The van der Waals surface area contributed by atoms with E-state index >= 15 is 0 Å². The molecule has 1 spiro atoms. The zero-order valence-electron chi connectivity index (χ0n) is 14.6. The van der Waals surface area contributed by atoms with Crippen LogP contribution >= 0.6 is 0 Å². The van der Waals surface area contributed by atoms with Crippen LogP contribution in [0, 0.1) is 5.41 Å².